The molecule has 2 amide bonds. The second-order valence-electron chi connectivity index (χ2n) is 8.27. The molecule has 2 heterocycles. The molecule has 2 aromatic heterocycles. The molecule has 3 rings (SSSR count). The van der Waals surface area contributed by atoms with E-state index in [0.717, 1.165) is 17.7 Å². The molecule has 6 nitrogen and oxygen atoms in total. The number of para-hydroxylation sites is 1. The summed E-state index contributed by atoms with van der Waals surface area (Å²) < 4.78 is 1.66. The van der Waals surface area contributed by atoms with Crippen molar-refractivity contribution in [2.45, 2.75) is 52.5 Å². The number of hydrogen-bond donors (Lipinski definition) is 2. The van der Waals surface area contributed by atoms with E-state index in [4.69, 9.17) is 0 Å². The van der Waals surface area contributed by atoms with Gasteiger partial charge in [-0.2, -0.15) is 0 Å². The number of aromatic nitrogens is 2. The van der Waals surface area contributed by atoms with E-state index in [0.29, 0.717) is 5.52 Å². The smallest absolute Gasteiger partial charge is 0.287 e. The Morgan fingerprint density at radius 3 is 2.45 bits per heavy atom. The van der Waals surface area contributed by atoms with Gasteiger partial charge in [0.15, 0.2) is 5.69 Å². The Labute approximate surface area is 171 Å². The molecule has 0 spiro atoms. The number of nitrogens with one attached hydrogen (secondary N) is 2. The molecule has 1 atom stereocenters. The Morgan fingerprint density at radius 1 is 1.07 bits per heavy atom. The number of pyridine rings is 1. The van der Waals surface area contributed by atoms with E-state index >= 15 is 0 Å². The van der Waals surface area contributed by atoms with Crippen LogP contribution in [0.3, 0.4) is 0 Å². The predicted octanol–water partition coefficient (Wildman–Crippen LogP) is 4.41. The fourth-order valence-corrected chi connectivity index (χ4v) is 3.18. The summed E-state index contributed by atoms with van der Waals surface area (Å²) in [5.74, 6) is -0.433. The Hall–Kier alpha value is -3.15. The molecular weight excluding hydrogens is 364 g/mol. The van der Waals surface area contributed by atoms with Crippen molar-refractivity contribution in [3.05, 3.63) is 65.7 Å². The van der Waals surface area contributed by atoms with Crippen LogP contribution < -0.4 is 10.6 Å². The Bertz CT molecular complexity index is 1050. The number of nitrogens with zero attached hydrogens (tertiary/aromatic N) is 2. The van der Waals surface area contributed by atoms with Gasteiger partial charge in [0.2, 0.25) is 5.82 Å². The quantitative estimate of drug-likeness (QED) is 0.675. The van der Waals surface area contributed by atoms with Crippen molar-refractivity contribution in [3.8, 4) is 0 Å². The summed E-state index contributed by atoms with van der Waals surface area (Å²) in [7, 11) is 0. The van der Waals surface area contributed by atoms with E-state index in [1.54, 1.807) is 16.7 Å². The van der Waals surface area contributed by atoms with Crippen molar-refractivity contribution in [2.75, 3.05) is 5.32 Å². The summed E-state index contributed by atoms with van der Waals surface area (Å²) in [4.78, 5) is 30.2. The number of carbonyl (C=O) groups is 2. The first-order valence-corrected chi connectivity index (χ1v) is 9.91. The third kappa shape index (κ3) is 4.31. The third-order valence-corrected chi connectivity index (χ3v) is 4.94. The molecule has 1 aromatic carbocycles. The molecule has 0 radical (unpaired) electrons. The van der Waals surface area contributed by atoms with Crippen molar-refractivity contribution in [3.63, 3.8) is 0 Å². The molecule has 0 saturated carbocycles. The topological polar surface area (TPSA) is 75.5 Å². The number of benzene rings is 1. The highest BCUT2D eigenvalue weighted by Crippen LogP contribution is 2.29. The zero-order valence-electron chi connectivity index (χ0n) is 17.6. The van der Waals surface area contributed by atoms with Gasteiger partial charge in [0.1, 0.15) is 0 Å². The molecule has 0 fully saturated rings. The largest absolute Gasteiger partial charge is 0.347 e. The van der Waals surface area contributed by atoms with Gasteiger partial charge in [0, 0.05) is 17.9 Å². The van der Waals surface area contributed by atoms with Crippen LogP contribution >= 0.6 is 0 Å². The molecule has 3 aromatic rings. The van der Waals surface area contributed by atoms with Gasteiger partial charge < -0.3 is 10.6 Å². The van der Waals surface area contributed by atoms with Crippen LogP contribution in [-0.4, -0.2) is 27.2 Å². The summed E-state index contributed by atoms with van der Waals surface area (Å²) in [5.41, 5.74) is 2.47. The zero-order chi connectivity index (χ0) is 21.2. The number of hydrogen-bond acceptors (Lipinski definition) is 3. The average molecular weight is 393 g/mol. The highest BCUT2D eigenvalue weighted by Gasteiger charge is 2.24. The normalized spacial score (nSPS) is 12.6. The lowest BCUT2D eigenvalue weighted by Gasteiger charge is -2.22. The monoisotopic (exact) mass is 392 g/mol. The number of carbonyl (C=O) groups excluding carboxylic acids is 2. The molecule has 0 aliphatic carbocycles. The average Bonchev–Trinajstić information content (AvgIpc) is 3.07. The van der Waals surface area contributed by atoms with E-state index in [9.17, 15) is 9.59 Å². The van der Waals surface area contributed by atoms with Crippen molar-refractivity contribution < 1.29 is 9.59 Å². The standard InChI is InChI=1S/C23H28N4O2/c1-6-15(2)24-22(29)20-26-19(18-13-9-10-14-27(18)20)21(28)25-17-12-8-7-11-16(17)23(3,4)5/h7-15H,6H2,1-5H3,(H,24,29)(H,25,28). The molecule has 0 bridgehead atoms. The highest BCUT2D eigenvalue weighted by atomic mass is 16.2. The molecular formula is C23H28N4O2. The van der Waals surface area contributed by atoms with Crippen LogP contribution in [0, 0.1) is 0 Å². The van der Waals surface area contributed by atoms with Gasteiger partial charge >= 0.3 is 0 Å². The molecule has 0 aliphatic rings. The number of amides is 2. The first-order chi connectivity index (χ1) is 13.7. The zero-order valence-corrected chi connectivity index (χ0v) is 17.6. The van der Waals surface area contributed by atoms with E-state index in [1.807, 2.05) is 50.2 Å². The molecule has 29 heavy (non-hydrogen) atoms. The van der Waals surface area contributed by atoms with E-state index in [-0.39, 0.29) is 34.8 Å². The van der Waals surface area contributed by atoms with Crippen LogP contribution in [0.5, 0.6) is 0 Å². The van der Waals surface area contributed by atoms with Crippen LogP contribution in [0.15, 0.2) is 48.7 Å². The van der Waals surface area contributed by atoms with Gasteiger partial charge in [-0.25, -0.2) is 4.98 Å². The molecule has 152 valence electrons. The first-order valence-electron chi connectivity index (χ1n) is 9.91. The SMILES string of the molecule is CCC(C)NC(=O)c1nc(C(=O)Nc2ccccc2C(C)(C)C)c2ccccn12. The van der Waals surface area contributed by atoms with Gasteiger partial charge in [-0.3, -0.25) is 14.0 Å². The van der Waals surface area contributed by atoms with Gasteiger partial charge in [0.25, 0.3) is 11.8 Å². The summed E-state index contributed by atoms with van der Waals surface area (Å²) >= 11 is 0. The summed E-state index contributed by atoms with van der Waals surface area (Å²) in [6.45, 7) is 10.2. The summed E-state index contributed by atoms with van der Waals surface area (Å²) in [6.07, 6.45) is 2.56. The van der Waals surface area contributed by atoms with Crippen LogP contribution in [-0.2, 0) is 5.41 Å². The van der Waals surface area contributed by atoms with Crippen LogP contribution in [0.25, 0.3) is 5.52 Å². The fraction of sp³-hybridized carbons (Fsp3) is 0.348. The van der Waals surface area contributed by atoms with Gasteiger partial charge in [-0.05, 0) is 42.5 Å². The highest BCUT2D eigenvalue weighted by molar-refractivity contribution is 6.09. The number of imidazole rings is 1. The second-order valence-corrected chi connectivity index (χ2v) is 8.27. The van der Waals surface area contributed by atoms with Gasteiger partial charge in [-0.15, -0.1) is 0 Å². The molecule has 0 saturated heterocycles. The Morgan fingerprint density at radius 2 is 1.76 bits per heavy atom. The van der Waals surface area contributed by atoms with Gasteiger partial charge in [0.05, 0.1) is 5.52 Å². The lowest BCUT2D eigenvalue weighted by Crippen LogP contribution is -2.33. The maximum atomic E-state index is 13.1. The molecule has 1 unspecified atom stereocenters. The number of anilines is 1. The lowest BCUT2D eigenvalue weighted by molar-refractivity contribution is 0.0928. The van der Waals surface area contributed by atoms with Crippen molar-refractivity contribution >= 4 is 23.0 Å². The fourth-order valence-electron chi connectivity index (χ4n) is 3.18. The lowest BCUT2D eigenvalue weighted by atomic mass is 9.86. The van der Waals surface area contributed by atoms with Crippen molar-refractivity contribution in [1.82, 2.24) is 14.7 Å². The number of rotatable bonds is 5. The Balaban J connectivity index is 1.99. The number of fused-ring (bicyclic) bond motifs is 1. The summed E-state index contributed by atoms with van der Waals surface area (Å²) in [5, 5.41) is 5.90. The second kappa shape index (κ2) is 8.07. The summed E-state index contributed by atoms with van der Waals surface area (Å²) in [6, 6.07) is 13.2. The molecule has 0 aliphatic heterocycles. The minimum atomic E-state index is -0.340. The minimum Gasteiger partial charge on any atom is -0.347 e. The third-order valence-electron chi connectivity index (χ3n) is 4.94. The maximum Gasteiger partial charge on any atom is 0.287 e. The van der Waals surface area contributed by atoms with E-state index in [2.05, 4.69) is 36.4 Å². The van der Waals surface area contributed by atoms with Crippen LogP contribution in [0.1, 0.15) is 67.7 Å². The maximum absolute atomic E-state index is 13.1. The minimum absolute atomic E-state index is 0.0227. The van der Waals surface area contributed by atoms with Crippen molar-refractivity contribution in [2.24, 2.45) is 0 Å². The van der Waals surface area contributed by atoms with Gasteiger partial charge in [-0.1, -0.05) is 52.0 Å². The predicted molar refractivity (Wildman–Crippen MR) is 116 cm³/mol. The molecule has 2 N–H and O–H groups in total. The first kappa shape index (κ1) is 20.6. The Kier molecular flexibility index (Phi) is 5.73. The van der Waals surface area contributed by atoms with Crippen LogP contribution in [0.2, 0.25) is 0 Å². The molecule has 6 heteroatoms. The van der Waals surface area contributed by atoms with E-state index < -0.39 is 0 Å². The van der Waals surface area contributed by atoms with E-state index in [1.165, 1.54) is 0 Å². The van der Waals surface area contributed by atoms with Crippen molar-refractivity contribution in [1.29, 1.82) is 0 Å². The van der Waals surface area contributed by atoms with Crippen LogP contribution in [0.4, 0.5) is 5.69 Å².